The average Bonchev–Trinajstić information content (AvgIpc) is 2.65. The third-order valence-electron chi connectivity index (χ3n) is 2.27. The smallest absolute Gasteiger partial charge is 0.271 e. The lowest BCUT2D eigenvalue weighted by Gasteiger charge is -2.06. The number of hydrogen-bond acceptors (Lipinski definition) is 3. The number of sulfonamides is 1. The van der Waals surface area contributed by atoms with Crippen LogP contribution in [-0.4, -0.2) is 8.42 Å². The largest absolute Gasteiger partial charge is 0.279 e. The summed E-state index contributed by atoms with van der Waals surface area (Å²) in [5, 5.41) is -0.135. The number of benzene rings is 1. The molecule has 1 heterocycles. The van der Waals surface area contributed by atoms with E-state index in [0.717, 1.165) is 26.8 Å². The number of halogens is 3. The van der Waals surface area contributed by atoms with Crippen LogP contribution in [-0.2, 0) is 10.0 Å². The lowest BCUT2D eigenvalue weighted by atomic mass is 10.3. The Hall–Kier alpha value is -0.630. The van der Waals surface area contributed by atoms with Crippen LogP contribution in [0.1, 0.15) is 5.56 Å². The van der Waals surface area contributed by atoms with E-state index in [2.05, 4.69) is 20.7 Å². The molecule has 0 saturated carbocycles. The van der Waals surface area contributed by atoms with Gasteiger partial charge in [0.15, 0.2) is 0 Å². The van der Waals surface area contributed by atoms with Crippen LogP contribution in [0.4, 0.5) is 10.1 Å². The standard InChI is InChI=1S/C11H8BrClFNO2S2/c1-6-4-10(18-11(6)12)19(16,17)15-7-2-3-9(14)8(13)5-7/h2-5,15H,1H3. The van der Waals surface area contributed by atoms with Crippen molar-refractivity contribution >= 4 is 54.6 Å². The minimum Gasteiger partial charge on any atom is -0.279 e. The number of thiophene rings is 1. The van der Waals surface area contributed by atoms with Crippen molar-refractivity contribution in [3.8, 4) is 0 Å². The van der Waals surface area contributed by atoms with Crippen molar-refractivity contribution in [2.24, 2.45) is 0 Å². The molecule has 102 valence electrons. The highest BCUT2D eigenvalue weighted by atomic mass is 79.9. The van der Waals surface area contributed by atoms with Crippen molar-refractivity contribution in [2.45, 2.75) is 11.1 Å². The van der Waals surface area contributed by atoms with Crippen LogP contribution >= 0.6 is 38.9 Å². The summed E-state index contributed by atoms with van der Waals surface area (Å²) in [5.74, 6) is -0.598. The Morgan fingerprint density at radius 2 is 2.05 bits per heavy atom. The van der Waals surface area contributed by atoms with Crippen LogP contribution < -0.4 is 4.72 Å². The Morgan fingerprint density at radius 1 is 1.37 bits per heavy atom. The van der Waals surface area contributed by atoms with Gasteiger partial charge in [-0.25, -0.2) is 12.8 Å². The predicted molar refractivity (Wildman–Crippen MR) is 79.0 cm³/mol. The molecule has 0 bridgehead atoms. The summed E-state index contributed by atoms with van der Waals surface area (Å²) < 4.78 is 40.5. The number of aryl methyl sites for hydroxylation is 1. The fourth-order valence-electron chi connectivity index (χ4n) is 1.33. The Kier molecular flexibility index (Phi) is 4.20. The summed E-state index contributed by atoms with van der Waals surface area (Å²) in [6, 6.07) is 5.20. The average molecular weight is 385 g/mol. The molecule has 0 saturated heterocycles. The molecule has 0 fully saturated rings. The van der Waals surface area contributed by atoms with Gasteiger partial charge in [0.1, 0.15) is 10.0 Å². The molecule has 0 aliphatic heterocycles. The normalized spacial score (nSPS) is 11.6. The van der Waals surface area contributed by atoms with Crippen molar-refractivity contribution in [3.63, 3.8) is 0 Å². The minimum absolute atomic E-state index is 0.135. The highest BCUT2D eigenvalue weighted by molar-refractivity contribution is 9.11. The fourth-order valence-corrected chi connectivity index (χ4v) is 4.78. The van der Waals surface area contributed by atoms with E-state index in [1.165, 1.54) is 12.1 Å². The van der Waals surface area contributed by atoms with Crippen molar-refractivity contribution in [2.75, 3.05) is 4.72 Å². The molecule has 1 aromatic carbocycles. The number of hydrogen-bond donors (Lipinski definition) is 1. The van der Waals surface area contributed by atoms with E-state index in [1.54, 1.807) is 13.0 Å². The van der Waals surface area contributed by atoms with Crippen LogP contribution in [0.25, 0.3) is 0 Å². The summed E-state index contributed by atoms with van der Waals surface area (Å²) in [6.07, 6.45) is 0. The molecule has 1 aromatic heterocycles. The van der Waals surface area contributed by atoms with E-state index in [1.807, 2.05) is 0 Å². The highest BCUT2D eigenvalue weighted by Crippen LogP contribution is 2.32. The lowest BCUT2D eigenvalue weighted by molar-refractivity contribution is 0.603. The Morgan fingerprint density at radius 3 is 2.58 bits per heavy atom. The zero-order valence-electron chi connectivity index (χ0n) is 9.58. The van der Waals surface area contributed by atoms with Gasteiger partial charge in [-0.05, 0) is 52.7 Å². The molecule has 0 spiro atoms. The maximum Gasteiger partial charge on any atom is 0.271 e. The van der Waals surface area contributed by atoms with Gasteiger partial charge in [-0.15, -0.1) is 11.3 Å². The van der Waals surface area contributed by atoms with Gasteiger partial charge in [0.25, 0.3) is 10.0 Å². The van der Waals surface area contributed by atoms with E-state index in [9.17, 15) is 12.8 Å². The molecule has 2 rings (SSSR count). The van der Waals surface area contributed by atoms with Crippen LogP contribution in [0.15, 0.2) is 32.3 Å². The summed E-state index contributed by atoms with van der Waals surface area (Å²) >= 11 is 9.98. The number of anilines is 1. The molecular formula is C11H8BrClFNO2S2. The van der Waals surface area contributed by atoms with E-state index in [0.29, 0.717) is 0 Å². The molecule has 3 nitrogen and oxygen atoms in total. The lowest BCUT2D eigenvalue weighted by Crippen LogP contribution is -2.11. The van der Waals surface area contributed by atoms with E-state index < -0.39 is 15.8 Å². The first-order valence-electron chi connectivity index (χ1n) is 5.03. The van der Waals surface area contributed by atoms with Crippen molar-refractivity contribution in [1.82, 2.24) is 0 Å². The summed E-state index contributed by atoms with van der Waals surface area (Å²) in [7, 11) is -3.69. The molecule has 0 radical (unpaired) electrons. The van der Waals surface area contributed by atoms with E-state index >= 15 is 0 Å². The topological polar surface area (TPSA) is 46.2 Å². The first-order chi connectivity index (χ1) is 8.79. The van der Waals surface area contributed by atoms with Gasteiger partial charge >= 0.3 is 0 Å². The van der Waals surface area contributed by atoms with Gasteiger partial charge in [-0.2, -0.15) is 0 Å². The molecule has 0 unspecified atom stereocenters. The molecule has 8 heteroatoms. The zero-order chi connectivity index (χ0) is 14.2. The molecule has 0 amide bonds. The molecule has 0 aliphatic carbocycles. The molecule has 1 N–H and O–H groups in total. The van der Waals surface area contributed by atoms with Gasteiger partial charge < -0.3 is 0 Å². The zero-order valence-corrected chi connectivity index (χ0v) is 13.6. The Bertz CT molecular complexity index is 711. The summed E-state index contributed by atoms with van der Waals surface area (Å²) in [4.78, 5) is 0. The number of nitrogens with one attached hydrogen (secondary N) is 1. The molecule has 2 aromatic rings. The third-order valence-corrected chi connectivity index (χ3v) is 6.55. The first-order valence-corrected chi connectivity index (χ1v) is 8.50. The van der Waals surface area contributed by atoms with Gasteiger partial charge in [-0.1, -0.05) is 11.6 Å². The minimum atomic E-state index is -3.69. The van der Waals surface area contributed by atoms with Gasteiger partial charge in [0.2, 0.25) is 0 Å². The molecule has 0 atom stereocenters. The quantitative estimate of drug-likeness (QED) is 0.852. The van der Waals surface area contributed by atoms with E-state index in [4.69, 9.17) is 11.6 Å². The third kappa shape index (κ3) is 3.28. The molecule has 0 aliphatic rings. The molecular weight excluding hydrogens is 377 g/mol. The SMILES string of the molecule is Cc1cc(S(=O)(=O)Nc2ccc(F)c(Cl)c2)sc1Br. The van der Waals surface area contributed by atoms with Crippen LogP contribution in [0.2, 0.25) is 5.02 Å². The van der Waals surface area contributed by atoms with Crippen LogP contribution in [0.3, 0.4) is 0 Å². The van der Waals surface area contributed by atoms with Crippen molar-refractivity contribution < 1.29 is 12.8 Å². The van der Waals surface area contributed by atoms with Gasteiger partial charge in [0.05, 0.1) is 14.5 Å². The first kappa shape index (κ1) is 14.8. The van der Waals surface area contributed by atoms with Crippen molar-refractivity contribution in [1.29, 1.82) is 0 Å². The van der Waals surface area contributed by atoms with Gasteiger partial charge in [0, 0.05) is 0 Å². The van der Waals surface area contributed by atoms with Crippen molar-refractivity contribution in [3.05, 3.63) is 44.5 Å². The second kappa shape index (κ2) is 5.40. The summed E-state index contributed by atoms with van der Waals surface area (Å²) in [5.41, 5.74) is 1.05. The van der Waals surface area contributed by atoms with Gasteiger partial charge in [-0.3, -0.25) is 4.72 Å². The fraction of sp³-hybridized carbons (Fsp3) is 0.0909. The maximum atomic E-state index is 13.0. The second-order valence-corrected chi connectivity index (χ2v) is 8.44. The maximum absolute atomic E-state index is 13.0. The Labute approximate surface area is 127 Å². The van der Waals surface area contributed by atoms with Crippen LogP contribution in [0.5, 0.6) is 0 Å². The van der Waals surface area contributed by atoms with Crippen LogP contribution in [0, 0.1) is 12.7 Å². The van der Waals surface area contributed by atoms with E-state index in [-0.39, 0.29) is 14.9 Å². The monoisotopic (exact) mass is 383 g/mol. The highest BCUT2D eigenvalue weighted by Gasteiger charge is 2.18. The number of rotatable bonds is 3. The molecule has 19 heavy (non-hydrogen) atoms. The summed E-state index contributed by atoms with van der Waals surface area (Å²) in [6.45, 7) is 1.80. The predicted octanol–water partition coefficient (Wildman–Crippen LogP) is 4.41. The second-order valence-electron chi connectivity index (χ2n) is 3.76. The Balaban J connectivity index is 2.33.